The molecule has 194 valence electrons. The molecular weight excluding hydrogens is 480 g/mol. The molecule has 0 radical (unpaired) electrons. The van der Waals surface area contributed by atoms with Crippen molar-refractivity contribution in [2.45, 2.75) is 58.5 Å². The van der Waals surface area contributed by atoms with Gasteiger partial charge >= 0.3 is 5.97 Å². The highest BCUT2D eigenvalue weighted by atomic mass is 19.1. The maximum Gasteiger partial charge on any atom is 0.306 e. The second-order valence-corrected chi connectivity index (χ2v) is 9.75. The molecule has 2 aromatic heterocycles. The first-order chi connectivity index (χ1) is 17.8. The van der Waals surface area contributed by atoms with Gasteiger partial charge < -0.3 is 14.6 Å². The summed E-state index contributed by atoms with van der Waals surface area (Å²) in [5.41, 5.74) is 2.81. The fourth-order valence-electron chi connectivity index (χ4n) is 5.19. The molecule has 1 N–H and O–H groups in total. The Morgan fingerprint density at radius 2 is 2.00 bits per heavy atom. The third-order valence-electron chi connectivity index (χ3n) is 7.25. The van der Waals surface area contributed by atoms with Crippen molar-refractivity contribution in [3.8, 4) is 22.9 Å². The molecule has 9 heteroatoms. The molecule has 0 saturated heterocycles. The topological polar surface area (TPSA) is 94.4 Å². The predicted octanol–water partition coefficient (Wildman–Crippen LogP) is 5.80. The number of fused-ring (bicyclic) bond motifs is 1. The molecule has 1 saturated carbocycles. The number of halogens is 2. The van der Waals surface area contributed by atoms with E-state index in [1.165, 1.54) is 12.3 Å². The molecule has 2 unspecified atom stereocenters. The maximum atomic E-state index is 15.8. The standard InChI is InChI=1S/C28H29F2N3O4/c1-4-36-23-11-19(20(29)12-31-23)21-13-32-26(15(3)33-21)22-10-8-17-7-9-18(25(30)27(17)37-22)24(16-5-6-16)14(2)28(34)35/h7,9,11-14,16,22,24H,4-6,8,10H2,1-3H3,(H,34,35)/t14-,22?,24?/m0/s1. The third kappa shape index (κ3) is 4.86. The molecule has 3 aromatic rings. The van der Waals surface area contributed by atoms with Crippen LogP contribution < -0.4 is 9.47 Å². The Kier molecular flexibility index (Phi) is 6.79. The Balaban J connectivity index is 1.44. The summed E-state index contributed by atoms with van der Waals surface area (Å²) in [4.78, 5) is 24.7. The molecule has 1 fully saturated rings. The van der Waals surface area contributed by atoms with Gasteiger partial charge in [-0.2, -0.15) is 0 Å². The number of hydrogen-bond acceptors (Lipinski definition) is 6. The zero-order chi connectivity index (χ0) is 26.3. The summed E-state index contributed by atoms with van der Waals surface area (Å²) in [6.07, 6.45) is 4.99. The highest BCUT2D eigenvalue weighted by Gasteiger charge is 2.41. The van der Waals surface area contributed by atoms with E-state index in [2.05, 4.69) is 15.0 Å². The van der Waals surface area contributed by atoms with E-state index < -0.39 is 35.5 Å². The summed E-state index contributed by atoms with van der Waals surface area (Å²) >= 11 is 0. The summed E-state index contributed by atoms with van der Waals surface area (Å²) in [7, 11) is 0. The van der Waals surface area contributed by atoms with Gasteiger partial charge in [0, 0.05) is 17.5 Å². The molecule has 3 atom stereocenters. The van der Waals surface area contributed by atoms with E-state index >= 15 is 4.39 Å². The van der Waals surface area contributed by atoms with Crippen molar-refractivity contribution in [3.05, 3.63) is 64.7 Å². The average molecular weight is 510 g/mol. The molecule has 2 aliphatic rings. The SMILES string of the molecule is CCOc1cc(-c2cnc(C3CCc4ccc(C(C5CC5)[C@H](C)C(=O)O)c(F)c4O3)c(C)n2)c(F)cn1. The number of rotatable bonds is 8. The van der Waals surface area contributed by atoms with Crippen molar-refractivity contribution in [2.24, 2.45) is 11.8 Å². The van der Waals surface area contributed by atoms with Crippen LogP contribution in [0.3, 0.4) is 0 Å². The van der Waals surface area contributed by atoms with E-state index in [-0.39, 0.29) is 17.2 Å². The van der Waals surface area contributed by atoms with E-state index in [0.717, 1.165) is 24.6 Å². The number of pyridine rings is 1. The van der Waals surface area contributed by atoms with Crippen LogP contribution in [-0.2, 0) is 11.2 Å². The van der Waals surface area contributed by atoms with Crippen LogP contribution in [0.2, 0.25) is 0 Å². The lowest BCUT2D eigenvalue weighted by Gasteiger charge is -2.29. The minimum Gasteiger partial charge on any atom is -0.481 e. The number of nitrogens with zero attached hydrogens (tertiary/aromatic N) is 3. The molecule has 1 aromatic carbocycles. The van der Waals surface area contributed by atoms with Crippen LogP contribution in [0.25, 0.3) is 11.3 Å². The van der Waals surface area contributed by atoms with Gasteiger partial charge in [0.1, 0.15) is 11.8 Å². The Morgan fingerprint density at radius 3 is 2.68 bits per heavy atom. The van der Waals surface area contributed by atoms with E-state index in [0.29, 0.717) is 48.0 Å². The minimum atomic E-state index is -0.933. The number of aliphatic carboxylic acids is 1. The molecule has 3 heterocycles. The number of carboxylic acid groups (broad SMARTS) is 1. The van der Waals surface area contributed by atoms with Crippen LogP contribution in [0, 0.1) is 30.4 Å². The first-order valence-corrected chi connectivity index (χ1v) is 12.6. The molecule has 7 nitrogen and oxygen atoms in total. The first-order valence-electron chi connectivity index (χ1n) is 12.6. The normalized spacial score (nSPS) is 18.5. The zero-order valence-corrected chi connectivity index (χ0v) is 21.0. The lowest BCUT2D eigenvalue weighted by molar-refractivity contribution is -0.142. The van der Waals surface area contributed by atoms with Crippen LogP contribution in [0.5, 0.6) is 11.6 Å². The van der Waals surface area contributed by atoms with Crippen LogP contribution in [0.4, 0.5) is 8.78 Å². The molecule has 5 rings (SSSR count). The number of aryl methyl sites for hydroxylation is 2. The van der Waals surface area contributed by atoms with Crippen molar-refractivity contribution in [2.75, 3.05) is 6.61 Å². The lowest BCUT2D eigenvalue weighted by Crippen LogP contribution is -2.23. The van der Waals surface area contributed by atoms with Gasteiger partial charge in [-0.25, -0.2) is 18.7 Å². The van der Waals surface area contributed by atoms with Crippen LogP contribution in [0.1, 0.15) is 67.6 Å². The molecule has 0 amide bonds. The van der Waals surface area contributed by atoms with E-state index in [1.807, 2.05) is 13.0 Å². The number of carbonyl (C=O) groups is 1. The van der Waals surface area contributed by atoms with Gasteiger partial charge in [0.15, 0.2) is 17.4 Å². The number of aromatic nitrogens is 3. The smallest absolute Gasteiger partial charge is 0.306 e. The average Bonchev–Trinajstić information content (AvgIpc) is 3.72. The summed E-state index contributed by atoms with van der Waals surface area (Å²) in [6.45, 7) is 5.61. The van der Waals surface area contributed by atoms with Crippen molar-refractivity contribution >= 4 is 5.97 Å². The fourth-order valence-corrected chi connectivity index (χ4v) is 5.19. The van der Waals surface area contributed by atoms with Crippen molar-refractivity contribution < 1.29 is 28.2 Å². The summed E-state index contributed by atoms with van der Waals surface area (Å²) < 4.78 is 41.8. The highest BCUT2D eigenvalue weighted by molar-refractivity contribution is 5.71. The quantitative estimate of drug-likeness (QED) is 0.410. The van der Waals surface area contributed by atoms with Gasteiger partial charge in [-0.15, -0.1) is 0 Å². The number of ether oxygens (including phenoxy) is 2. The largest absolute Gasteiger partial charge is 0.481 e. The Morgan fingerprint density at radius 1 is 1.22 bits per heavy atom. The molecule has 1 aliphatic heterocycles. The van der Waals surface area contributed by atoms with Gasteiger partial charge in [0.05, 0.1) is 36.3 Å². The van der Waals surface area contributed by atoms with Crippen LogP contribution in [0.15, 0.2) is 30.6 Å². The van der Waals surface area contributed by atoms with E-state index in [9.17, 15) is 14.3 Å². The number of carboxylic acids is 1. The van der Waals surface area contributed by atoms with E-state index in [1.54, 1.807) is 19.9 Å². The third-order valence-corrected chi connectivity index (χ3v) is 7.25. The molecule has 0 spiro atoms. The Bertz CT molecular complexity index is 1350. The highest BCUT2D eigenvalue weighted by Crippen LogP contribution is 2.49. The van der Waals surface area contributed by atoms with Crippen molar-refractivity contribution in [1.29, 1.82) is 0 Å². The second-order valence-electron chi connectivity index (χ2n) is 9.75. The first kappa shape index (κ1) is 25.0. The van der Waals surface area contributed by atoms with Crippen LogP contribution in [-0.4, -0.2) is 32.6 Å². The van der Waals surface area contributed by atoms with Crippen molar-refractivity contribution in [3.63, 3.8) is 0 Å². The summed E-state index contributed by atoms with van der Waals surface area (Å²) in [5, 5.41) is 9.60. The van der Waals surface area contributed by atoms with E-state index in [4.69, 9.17) is 9.47 Å². The van der Waals surface area contributed by atoms with Crippen LogP contribution >= 0.6 is 0 Å². The fraction of sp³-hybridized carbons (Fsp3) is 0.429. The van der Waals surface area contributed by atoms with Crippen molar-refractivity contribution in [1.82, 2.24) is 15.0 Å². The summed E-state index contributed by atoms with van der Waals surface area (Å²) in [5.74, 6) is -2.44. The molecular formula is C28H29F2N3O4. The second kappa shape index (κ2) is 10.0. The molecule has 0 bridgehead atoms. The molecule has 37 heavy (non-hydrogen) atoms. The Labute approximate surface area is 213 Å². The minimum absolute atomic E-state index is 0.156. The zero-order valence-electron chi connectivity index (χ0n) is 21.0. The Hall–Kier alpha value is -3.62. The summed E-state index contributed by atoms with van der Waals surface area (Å²) in [6, 6.07) is 5.05. The van der Waals surface area contributed by atoms with Gasteiger partial charge in [0.25, 0.3) is 0 Å². The van der Waals surface area contributed by atoms with Gasteiger partial charge in [-0.3, -0.25) is 9.78 Å². The lowest BCUT2D eigenvalue weighted by atomic mass is 9.82. The number of hydrogen-bond donors (Lipinski definition) is 1. The van der Waals surface area contributed by atoms with Gasteiger partial charge in [-0.05, 0) is 56.6 Å². The monoisotopic (exact) mass is 509 g/mol. The maximum absolute atomic E-state index is 15.8. The van der Waals surface area contributed by atoms with Gasteiger partial charge in [0.2, 0.25) is 5.88 Å². The molecule has 1 aliphatic carbocycles. The predicted molar refractivity (Wildman–Crippen MR) is 131 cm³/mol. The number of benzene rings is 1. The van der Waals surface area contributed by atoms with Gasteiger partial charge in [-0.1, -0.05) is 19.1 Å².